The van der Waals surface area contributed by atoms with E-state index in [4.69, 9.17) is 9.47 Å². The molecule has 132 valence electrons. The highest BCUT2D eigenvalue weighted by Crippen LogP contribution is 2.62. The van der Waals surface area contributed by atoms with Crippen molar-refractivity contribution < 1.29 is 14.6 Å². The molecule has 1 spiro atoms. The minimum absolute atomic E-state index is 0.143. The highest BCUT2D eigenvalue weighted by atomic mass is 16.5. The molecule has 2 heterocycles. The maximum absolute atomic E-state index is 10.4. The highest BCUT2D eigenvalue weighted by molar-refractivity contribution is 5.67. The molecule has 1 aromatic carbocycles. The van der Waals surface area contributed by atoms with E-state index in [9.17, 15) is 5.11 Å². The number of benzene rings is 1. The molecule has 2 bridgehead atoms. The number of hydrogen-bond donors (Lipinski definition) is 1. The van der Waals surface area contributed by atoms with Crippen LogP contribution in [0.15, 0.2) is 35.6 Å². The van der Waals surface area contributed by atoms with Gasteiger partial charge in [-0.2, -0.15) is 0 Å². The lowest BCUT2D eigenvalue weighted by atomic mass is 9.57. The predicted octanol–water partition coefficient (Wildman–Crippen LogP) is 3.29. The van der Waals surface area contributed by atoms with Crippen molar-refractivity contribution in [3.63, 3.8) is 0 Å². The number of piperidine rings is 1. The molecule has 3 atom stereocenters. The summed E-state index contributed by atoms with van der Waals surface area (Å²) in [5.74, 6) is 1.80. The van der Waals surface area contributed by atoms with Crippen LogP contribution < -0.4 is 4.74 Å². The Morgan fingerprint density at radius 2 is 2.24 bits per heavy atom. The number of allylic oxidation sites excluding steroid dienone is 2. The maximum atomic E-state index is 10.4. The second-order valence-electron chi connectivity index (χ2n) is 7.67. The van der Waals surface area contributed by atoms with Crippen molar-refractivity contribution in [1.29, 1.82) is 0 Å². The van der Waals surface area contributed by atoms with Crippen LogP contribution in [-0.4, -0.2) is 42.4 Å². The zero-order valence-corrected chi connectivity index (χ0v) is 14.9. The van der Waals surface area contributed by atoms with Gasteiger partial charge in [0.15, 0.2) is 17.6 Å². The summed E-state index contributed by atoms with van der Waals surface area (Å²) in [7, 11) is 1.71. The molecule has 2 aliphatic carbocycles. The van der Waals surface area contributed by atoms with E-state index in [0.717, 1.165) is 31.7 Å². The first-order valence-electron chi connectivity index (χ1n) is 9.43. The fourth-order valence-electron chi connectivity index (χ4n) is 5.48. The number of ether oxygens (including phenoxy) is 2. The molecular formula is C21H25NO3. The molecule has 0 radical (unpaired) electrons. The van der Waals surface area contributed by atoms with Crippen LogP contribution in [0.5, 0.6) is 11.5 Å². The number of phenolic OH excluding ortho intramolecular Hbond substituents is 1. The maximum Gasteiger partial charge on any atom is 0.169 e. The smallest absolute Gasteiger partial charge is 0.169 e. The van der Waals surface area contributed by atoms with Crippen LogP contribution in [0, 0.1) is 0 Å². The Labute approximate surface area is 148 Å². The van der Waals surface area contributed by atoms with Gasteiger partial charge in [0.2, 0.25) is 0 Å². The lowest BCUT2D eigenvalue weighted by Gasteiger charge is -2.53. The second kappa shape index (κ2) is 5.28. The molecule has 1 N–H and O–H groups in total. The first kappa shape index (κ1) is 15.3. The summed E-state index contributed by atoms with van der Waals surface area (Å²) in [6, 6.07) is 4.32. The summed E-state index contributed by atoms with van der Waals surface area (Å²) in [5, 5.41) is 10.4. The highest BCUT2D eigenvalue weighted by Gasteiger charge is 2.62. The van der Waals surface area contributed by atoms with Gasteiger partial charge in [0.05, 0.1) is 12.5 Å². The molecule has 0 amide bonds. The zero-order chi connectivity index (χ0) is 17.2. The lowest BCUT2D eigenvalue weighted by molar-refractivity contribution is 0.0637. The molecule has 2 aliphatic heterocycles. The van der Waals surface area contributed by atoms with Crippen molar-refractivity contribution in [3.8, 4) is 11.5 Å². The van der Waals surface area contributed by atoms with Crippen LogP contribution in [0.3, 0.4) is 0 Å². The number of nitrogens with zero attached hydrogens (tertiary/aromatic N) is 1. The minimum Gasteiger partial charge on any atom is -0.504 e. The van der Waals surface area contributed by atoms with Crippen molar-refractivity contribution in [2.24, 2.45) is 0 Å². The molecular weight excluding hydrogens is 314 g/mol. The largest absolute Gasteiger partial charge is 0.504 e. The number of likely N-dealkylation sites (tertiary alicyclic amines) is 1. The molecule has 4 heteroatoms. The van der Waals surface area contributed by atoms with Gasteiger partial charge in [-0.1, -0.05) is 25.5 Å². The third-order valence-electron chi connectivity index (χ3n) is 6.59. The van der Waals surface area contributed by atoms with Crippen molar-refractivity contribution in [3.05, 3.63) is 46.7 Å². The van der Waals surface area contributed by atoms with E-state index in [1.807, 2.05) is 0 Å². The van der Waals surface area contributed by atoms with E-state index in [0.29, 0.717) is 11.8 Å². The standard InChI is InChI=1S/C21H25NO3/c1-3-4-10-22-11-9-21-14-6-8-17(24-2)20(21)25-19-16(23)7-5-13(18(19)21)12-15(14)22/h5-8,15,20,23H,3-4,9-12H2,1-2H3/t15-,20+,21+/m1/s1. The molecule has 4 aliphatic rings. The van der Waals surface area contributed by atoms with Gasteiger partial charge in [-0.15, -0.1) is 0 Å². The predicted molar refractivity (Wildman–Crippen MR) is 96.0 cm³/mol. The number of unbranched alkanes of at least 4 members (excludes halogenated alkanes) is 1. The van der Waals surface area contributed by atoms with Gasteiger partial charge in [0.25, 0.3) is 0 Å². The van der Waals surface area contributed by atoms with E-state index in [1.54, 1.807) is 13.2 Å². The SMILES string of the molecule is CCCCN1CC[C@@]23C4=CC=C(OC)[C@@H]2Oc2c(O)ccc(c23)C[C@H]41. The monoisotopic (exact) mass is 339 g/mol. The summed E-state index contributed by atoms with van der Waals surface area (Å²) < 4.78 is 12.0. The molecule has 0 unspecified atom stereocenters. The molecule has 5 rings (SSSR count). The summed E-state index contributed by atoms with van der Waals surface area (Å²) in [6.45, 7) is 4.49. The van der Waals surface area contributed by atoms with E-state index < -0.39 is 0 Å². The van der Waals surface area contributed by atoms with Crippen LogP contribution in [0.4, 0.5) is 0 Å². The summed E-state index contributed by atoms with van der Waals surface area (Å²) >= 11 is 0. The van der Waals surface area contributed by atoms with Gasteiger partial charge in [-0.3, -0.25) is 4.90 Å². The molecule has 1 saturated heterocycles. The molecule has 0 aromatic heterocycles. The average Bonchev–Trinajstić information content (AvgIpc) is 2.97. The molecule has 1 aromatic rings. The van der Waals surface area contributed by atoms with Gasteiger partial charge >= 0.3 is 0 Å². The number of methoxy groups -OCH3 is 1. The molecule has 25 heavy (non-hydrogen) atoms. The van der Waals surface area contributed by atoms with Gasteiger partial charge in [-0.05, 0) is 49.1 Å². The molecule has 1 fully saturated rings. The van der Waals surface area contributed by atoms with Crippen molar-refractivity contribution >= 4 is 0 Å². The van der Waals surface area contributed by atoms with Gasteiger partial charge in [0, 0.05) is 18.2 Å². The van der Waals surface area contributed by atoms with Gasteiger partial charge in [-0.25, -0.2) is 0 Å². The van der Waals surface area contributed by atoms with Crippen molar-refractivity contribution in [1.82, 2.24) is 4.90 Å². The molecule has 0 saturated carbocycles. The topological polar surface area (TPSA) is 41.9 Å². The van der Waals surface area contributed by atoms with E-state index in [-0.39, 0.29) is 17.3 Å². The summed E-state index contributed by atoms with van der Waals surface area (Å²) in [4.78, 5) is 2.65. The summed E-state index contributed by atoms with van der Waals surface area (Å²) in [5.41, 5.74) is 3.85. The van der Waals surface area contributed by atoms with Crippen LogP contribution >= 0.6 is 0 Å². The van der Waals surface area contributed by atoms with Gasteiger partial charge in [0.1, 0.15) is 5.76 Å². The Kier molecular flexibility index (Phi) is 3.23. The normalized spacial score (nSPS) is 31.8. The number of aromatic hydroxyl groups is 1. The number of phenols is 1. The Bertz CT molecular complexity index is 797. The minimum atomic E-state index is -0.158. The lowest BCUT2D eigenvalue weighted by Crippen LogP contribution is -2.59. The fourth-order valence-corrected chi connectivity index (χ4v) is 5.48. The Hall–Kier alpha value is -1.94. The average molecular weight is 339 g/mol. The Morgan fingerprint density at radius 1 is 1.36 bits per heavy atom. The third-order valence-corrected chi connectivity index (χ3v) is 6.59. The van der Waals surface area contributed by atoms with E-state index >= 15 is 0 Å². The van der Waals surface area contributed by atoms with Crippen LogP contribution in [-0.2, 0) is 16.6 Å². The van der Waals surface area contributed by atoms with Crippen molar-refractivity contribution in [2.75, 3.05) is 20.2 Å². The van der Waals surface area contributed by atoms with Crippen molar-refractivity contribution in [2.45, 2.75) is 50.2 Å². The van der Waals surface area contributed by atoms with Crippen LogP contribution in [0.1, 0.15) is 37.3 Å². The number of hydrogen-bond acceptors (Lipinski definition) is 4. The Balaban J connectivity index is 1.71. The first-order chi connectivity index (χ1) is 12.2. The first-order valence-corrected chi connectivity index (χ1v) is 9.43. The zero-order valence-electron chi connectivity index (χ0n) is 14.9. The second-order valence-corrected chi connectivity index (χ2v) is 7.67. The van der Waals surface area contributed by atoms with Crippen LogP contribution in [0.2, 0.25) is 0 Å². The third kappa shape index (κ3) is 1.81. The van der Waals surface area contributed by atoms with Gasteiger partial charge < -0.3 is 14.6 Å². The quantitative estimate of drug-likeness (QED) is 0.914. The van der Waals surface area contributed by atoms with E-state index in [1.165, 1.54) is 29.5 Å². The fraction of sp³-hybridized carbons (Fsp3) is 0.524. The summed E-state index contributed by atoms with van der Waals surface area (Å²) in [6.07, 6.45) is 8.69. The molecule has 4 nitrogen and oxygen atoms in total. The Morgan fingerprint density at radius 3 is 3.04 bits per heavy atom. The van der Waals surface area contributed by atoms with E-state index in [2.05, 4.69) is 30.0 Å². The number of rotatable bonds is 4. The van der Waals surface area contributed by atoms with Crippen LogP contribution in [0.25, 0.3) is 0 Å².